The van der Waals surface area contributed by atoms with Gasteiger partial charge in [-0.05, 0) is 38.4 Å². The molecule has 2 amide bonds. The number of hydrogen-bond donors (Lipinski definition) is 1. The minimum atomic E-state index is -0.773. The van der Waals surface area contributed by atoms with E-state index >= 15 is 0 Å². The summed E-state index contributed by atoms with van der Waals surface area (Å²) in [5.74, 6) is 1.70. The van der Waals surface area contributed by atoms with Crippen molar-refractivity contribution < 1.29 is 19.1 Å². The average molecular weight is 564 g/mol. The van der Waals surface area contributed by atoms with Crippen molar-refractivity contribution in [2.75, 3.05) is 51.3 Å². The molecular weight excluding hydrogens is 526 g/mol. The van der Waals surface area contributed by atoms with Gasteiger partial charge in [-0.15, -0.1) is 17.8 Å². The van der Waals surface area contributed by atoms with Gasteiger partial charge in [-0.2, -0.15) is 0 Å². The zero-order chi connectivity index (χ0) is 28.6. The van der Waals surface area contributed by atoms with Crippen molar-refractivity contribution in [3.05, 3.63) is 34.7 Å². The molecule has 0 radical (unpaired) electrons. The predicted molar refractivity (Wildman–Crippen MR) is 155 cm³/mol. The molecule has 3 aliphatic rings. The number of carbonyl (C=O) groups is 3. The Hall–Kier alpha value is -3.26. The second-order valence-corrected chi connectivity index (χ2v) is 12.6. The summed E-state index contributed by atoms with van der Waals surface area (Å²) < 4.78 is 5.60. The Bertz CT molecular complexity index is 1310. The smallest absolute Gasteiger partial charge is 0.251 e. The van der Waals surface area contributed by atoms with Gasteiger partial charge in [0.05, 0.1) is 11.6 Å². The van der Waals surface area contributed by atoms with Crippen molar-refractivity contribution in [3.63, 3.8) is 0 Å². The number of ketones is 1. The lowest BCUT2D eigenvalue weighted by atomic mass is 10.0. The fourth-order valence-electron chi connectivity index (χ4n) is 5.73. The maximum atomic E-state index is 13.6. The number of amides is 2. The van der Waals surface area contributed by atoms with Crippen molar-refractivity contribution in [1.82, 2.24) is 20.1 Å². The van der Waals surface area contributed by atoms with E-state index in [0.29, 0.717) is 12.0 Å². The lowest BCUT2D eigenvalue weighted by molar-refractivity contribution is -0.138. The third kappa shape index (κ3) is 5.64. The number of thiazole rings is 1. The van der Waals surface area contributed by atoms with E-state index in [2.05, 4.69) is 35.0 Å². The van der Waals surface area contributed by atoms with Crippen LogP contribution in [0.15, 0.2) is 24.3 Å². The number of carbonyl (C=O) groups excluding carboxylic acids is 3. The molecule has 4 atom stereocenters. The summed E-state index contributed by atoms with van der Waals surface area (Å²) in [6.07, 6.45) is 5.63. The first-order chi connectivity index (χ1) is 19.2. The zero-order valence-corrected chi connectivity index (χ0v) is 24.4. The Morgan fingerprint density at radius 1 is 1.20 bits per heavy atom. The van der Waals surface area contributed by atoms with E-state index in [-0.39, 0.29) is 42.6 Å². The summed E-state index contributed by atoms with van der Waals surface area (Å²) in [6, 6.07) is 5.89. The molecule has 3 fully saturated rings. The van der Waals surface area contributed by atoms with Crippen LogP contribution in [0.25, 0.3) is 11.3 Å². The lowest BCUT2D eigenvalue weighted by Gasteiger charge is -2.32. The van der Waals surface area contributed by atoms with Crippen LogP contribution >= 0.6 is 11.3 Å². The van der Waals surface area contributed by atoms with Gasteiger partial charge in [0.15, 0.2) is 10.9 Å². The van der Waals surface area contributed by atoms with Gasteiger partial charge in [0, 0.05) is 48.7 Å². The molecule has 9 nitrogen and oxygen atoms in total. The van der Waals surface area contributed by atoms with Crippen molar-refractivity contribution in [2.24, 2.45) is 11.8 Å². The minimum absolute atomic E-state index is 0.0415. The number of hydrogen-bond acceptors (Lipinski definition) is 8. The highest BCUT2D eigenvalue weighted by Gasteiger charge is 2.52. The van der Waals surface area contributed by atoms with Gasteiger partial charge in [-0.3, -0.25) is 14.4 Å². The molecule has 1 N–H and O–H groups in total. The SMILES string of the molecule is C#CC1CN(C(=O)C(CC(C)C)NC(=O)c2ccc(-c3nc(N4CCN(C)CC4)sc3C)cc2)C2C(=O)COC12. The number of likely N-dealkylation sites (N-methyl/N-ethyl adjacent to an activating group) is 1. The van der Waals surface area contributed by atoms with Crippen molar-refractivity contribution in [1.29, 1.82) is 0 Å². The summed E-state index contributed by atoms with van der Waals surface area (Å²) in [4.78, 5) is 51.7. The monoisotopic (exact) mass is 563 g/mol. The summed E-state index contributed by atoms with van der Waals surface area (Å²) in [7, 11) is 2.14. The van der Waals surface area contributed by atoms with E-state index in [1.54, 1.807) is 23.5 Å². The number of terminal acetylenes is 1. The van der Waals surface area contributed by atoms with Crippen LogP contribution in [0.3, 0.4) is 0 Å². The molecule has 0 bridgehead atoms. The van der Waals surface area contributed by atoms with Crippen molar-refractivity contribution in [3.8, 4) is 23.6 Å². The van der Waals surface area contributed by atoms with Gasteiger partial charge in [0.1, 0.15) is 24.8 Å². The molecule has 1 aromatic carbocycles. The molecule has 10 heteroatoms. The number of piperazine rings is 1. The number of benzene rings is 1. The number of aromatic nitrogens is 1. The largest absolute Gasteiger partial charge is 0.366 e. The van der Waals surface area contributed by atoms with Gasteiger partial charge in [-0.1, -0.05) is 31.9 Å². The van der Waals surface area contributed by atoms with Crippen LogP contribution in [0.5, 0.6) is 0 Å². The standard InChI is InChI=1S/C30H37N5O4S/c1-6-20-16-35(26-24(36)17-39-27(20)26)29(38)23(15-18(2)3)31-28(37)22-9-7-21(8-10-22)25-19(4)40-30(32-25)34-13-11-33(5)12-14-34/h1,7-10,18,20,23,26-27H,11-17H2,2-5H3,(H,31,37). The summed E-state index contributed by atoms with van der Waals surface area (Å²) >= 11 is 1.69. The Morgan fingerprint density at radius 3 is 2.55 bits per heavy atom. The predicted octanol–water partition coefficient (Wildman–Crippen LogP) is 2.44. The molecule has 5 rings (SSSR count). The highest BCUT2D eigenvalue weighted by molar-refractivity contribution is 7.16. The first-order valence-corrected chi connectivity index (χ1v) is 14.7. The van der Waals surface area contributed by atoms with Crippen LogP contribution in [0.2, 0.25) is 0 Å². The molecule has 0 aliphatic carbocycles. The van der Waals surface area contributed by atoms with E-state index in [4.69, 9.17) is 16.1 Å². The van der Waals surface area contributed by atoms with E-state index in [1.165, 1.54) is 4.90 Å². The van der Waals surface area contributed by atoms with E-state index in [1.807, 2.05) is 26.0 Å². The molecule has 0 saturated carbocycles. The topological polar surface area (TPSA) is 95.1 Å². The first-order valence-electron chi connectivity index (χ1n) is 13.9. The molecule has 0 spiro atoms. The Morgan fingerprint density at radius 2 is 1.90 bits per heavy atom. The van der Waals surface area contributed by atoms with Crippen LogP contribution < -0.4 is 10.2 Å². The molecule has 3 saturated heterocycles. The van der Waals surface area contributed by atoms with Gasteiger partial charge < -0.3 is 24.8 Å². The number of nitrogens with zero attached hydrogens (tertiary/aromatic N) is 4. The molecule has 4 unspecified atom stereocenters. The second-order valence-electron chi connectivity index (χ2n) is 11.4. The van der Waals surface area contributed by atoms with E-state index < -0.39 is 18.2 Å². The first kappa shape index (κ1) is 28.3. The minimum Gasteiger partial charge on any atom is -0.366 e. The number of aryl methyl sites for hydroxylation is 1. The number of ether oxygens (including phenoxy) is 1. The fourth-order valence-corrected chi connectivity index (χ4v) is 6.71. The fraction of sp³-hybridized carbons (Fsp3) is 0.533. The summed E-state index contributed by atoms with van der Waals surface area (Å²) in [5.41, 5.74) is 2.33. The van der Waals surface area contributed by atoms with Crippen LogP contribution in [0, 0.1) is 31.1 Å². The molecule has 40 heavy (non-hydrogen) atoms. The highest BCUT2D eigenvalue weighted by Crippen LogP contribution is 2.34. The number of likely N-dealkylation sites (tertiary alicyclic amines) is 1. The van der Waals surface area contributed by atoms with Gasteiger partial charge in [0.2, 0.25) is 5.91 Å². The molecular formula is C30H37N5O4S. The van der Waals surface area contributed by atoms with E-state index in [9.17, 15) is 14.4 Å². The second kappa shape index (κ2) is 11.7. The molecule has 3 aliphatic heterocycles. The van der Waals surface area contributed by atoms with Crippen LogP contribution in [-0.4, -0.2) is 96.9 Å². The van der Waals surface area contributed by atoms with E-state index in [0.717, 1.165) is 47.4 Å². The zero-order valence-electron chi connectivity index (χ0n) is 23.6. The average Bonchev–Trinajstić information content (AvgIpc) is 3.62. The Labute approximate surface area is 239 Å². The third-order valence-corrected chi connectivity index (χ3v) is 9.00. The summed E-state index contributed by atoms with van der Waals surface area (Å²) in [5, 5.41) is 3.96. The lowest BCUT2D eigenvalue weighted by Crippen LogP contribution is -2.52. The van der Waals surface area contributed by atoms with Gasteiger partial charge in [0.25, 0.3) is 5.91 Å². The molecule has 2 aromatic rings. The Balaban J connectivity index is 1.29. The maximum absolute atomic E-state index is 13.6. The molecule has 212 valence electrons. The number of Topliss-reactive ketones (excluding diaryl/α,β-unsaturated/α-hetero) is 1. The molecule has 1 aromatic heterocycles. The van der Waals surface area contributed by atoms with Crippen LogP contribution in [-0.2, 0) is 14.3 Å². The Kier molecular flexibility index (Phi) is 8.26. The third-order valence-electron chi connectivity index (χ3n) is 7.97. The van der Waals surface area contributed by atoms with Crippen LogP contribution in [0.1, 0.15) is 35.5 Å². The number of rotatable bonds is 7. The quantitative estimate of drug-likeness (QED) is 0.517. The van der Waals surface area contributed by atoms with Gasteiger partial charge in [-0.25, -0.2) is 4.98 Å². The van der Waals surface area contributed by atoms with Crippen molar-refractivity contribution >= 4 is 34.1 Å². The molecule has 4 heterocycles. The highest BCUT2D eigenvalue weighted by atomic mass is 32.1. The maximum Gasteiger partial charge on any atom is 0.251 e. The van der Waals surface area contributed by atoms with Gasteiger partial charge >= 0.3 is 0 Å². The van der Waals surface area contributed by atoms with Crippen LogP contribution in [0.4, 0.5) is 5.13 Å². The summed E-state index contributed by atoms with van der Waals surface area (Å²) in [6.45, 7) is 10.2. The normalized spacial score (nSPS) is 23.8. The number of fused-ring (bicyclic) bond motifs is 1. The number of nitrogens with one attached hydrogen (secondary N) is 1. The number of anilines is 1. The van der Waals surface area contributed by atoms with Crippen molar-refractivity contribution in [2.45, 2.75) is 45.4 Å².